The molecule has 1 aromatic rings. The van der Waals surface area contributed by atoms with Crippen LogP contribution in [-0.2, 0) is 23.1 Å². The first-order valence-electron chi connectivity index (χ1n) is 6.39. The van der Waals surface area contributed by atoms with E-state index in [4.69, 9.17) is 0 Å². The number of imide groups is 1. The monoisotopic (exact) mass is 310 g/mol. The molecule has 0 N–H and O–H groups in total. The van der Waals surface area contributed by atoms with Crippen LogP contribution in [0.15, 0.2) is 18.3 Å². The third-order valence-corrected chi connectivity index (χ3v) is 4.70. The van der Waals surface area contributed by atoms with Crippen molar-refractivity contribution in [1.29, 1.82) is 0 Å². The molecule has 3 heterocycles. The van der Waals surface area contributed by atoms with E-state index in [0.29, 0.717) is 17.4 Å². The zero-order valence-electron chi connectivity index (χ0n) is 11.4. The molecule has 2 aliphatic rings. The van der Waals surface area contributed by atoms with Gasteiger partial charge in [-0.15, -0.1) is 0 Å². The number of carbonyl (C=O) groups excluding carboxylic acids is 2. The van der Waals surface area contributed by atoms with Crippen LogP contribution in [-0.4, -0.2) is 58.9 Å². The van der Waals surface area contributed by atoms with Gasteiger partial charge in [-0.2, -0.15) is 0 Å². The smallest absolute Gasteiger partial charge is 0.314 e. The number of aromatic nitrogens is 1. The molecule has 2 aliphatic heterocycles. The lowest BCUT2D eigenvalue weighted by atomic mass is 10.2. The summed E-state index contributed by atoms with van der Waals surface area (Å²) in [6, 6.07) is 2.40. The number of urea groups is 2. The van der Waals surface area contributed by atoms with Gasteiger partial charge in [0.15, 0.2) is 0 Å². The third-order valence-electron chi connectivity index (χ3n) is 3.56. The van der Waals surface area contributed by atoms with Crippen molar-refractivity contribution >= 4 is 22.1 Å². The van der Waals surface area contributed by atoms with Crippen molar-refractivity contribution < 1.29 is 18.0 Å². The van der Waals surface area contributed by atoms with Gasteiger partial charge in [-0.3, -0.25) is 4.98 Å². The Morgan fingerprint density at radius 2 is 2.05 bits per heavy atom. The van der Waals surface area contributed by atoms with Gasteiger partial charge < -0.3 is 4.90 Å². The van der Waals surface area contributed by atoms with Crippen molar-refractivity contribution in [3.05, 3.63) is 29.6 Å². The van der Waals surface area contributed by atoms with Gasteiger partial charge in [0, 0.05) is 12.7 Å². The van der Waals surface area contributed by atoms with E-state index in [2.05, 4.69) is 4.98 Å². The summed E-state index contributed by atoms with van der Waals surface area (Å²) in [5.41, 5.74) is 1.75. The number of sulfonamides is 1. The summed E-state index contributed by atoms with van der Waals surface area (Å²) >= 11 is 0. The maximum Gasteiger partial charge on any atom is 0.341 e. The molecule has 1 aromatic heterocycles. The predicted octanol–water partition coefficient (Wildman–Crippen LogP) is 0.214. The van der Waals surface area contributed by atoms with E-state index in [1.54, 1.807) is 12.3 Å². The first kappa shape index (κ1) is 13.8. The summed E-state index contributed by atoms with van der Waals surface area (Å²) in [5.74, 6) is 0. The first-order chi connectivity index (χ1) is 9.88. The maximum atomic E-state index is 12.4. The summed E-state index contributed by atoms with van der Waals surface area (Å²) < 4.78 is 23.6. The molecule has 0 saturated carbocycles. The minimum absolute atomic E-state index is 0.00243. The Bertz CT molecular complexity index is 693. The lowest BCUT2D eigenvalue weighted by Gasteiger charge is -2.22. The van der Waals surface area contributed by atoms with Crippen molar-refractivity contribution in [2.45, 2.75) is 13.1 Å². The Hall–Kier alpha value is -2.16. The zero-order valence-corrected chi connectivity index (χ0v) is 12.2. The molecule has 3 rings (SSSR count). The fraction of sp³-hybridized carbons (Fsp3) is 0.417. The second kappa shape index (κ2) is 4.69. The van der Waals surface area contributed by atoms with Gasteiger partial charge in [0.1, 0.15) is 0 Å². The number of carbonyl (C=O) groups is 2. The lowest BCUT2D eigenvalue weighted by Crippen LogP contribution is -2.44. The summed E-state index contributed by atoms with van der Waals surface area (Å²) in [7, 11) is -3.64. The Morgan fingerprint density at radius 1 is 1.29 bits per heavy atom. The zero-order chi connectivity index (χ0) is 15.2. The molecule has 0 aromatic carbocycles. The summed E-state index contributed by atoms with van der Waals surface area (Å²) in [6.07, 6.45) is 2.60. The molecule has 8 nitrogen and oxygen atoms in total. The summed E-state index contributed by atoms with van der Waals surface area (Å²) in [4.78, 5) is 31.1. The van der Waals surface area contributed by atoms with E-state index in [1.807, 2.05) is 6.07 Å². The van der Waals surface area contributed by atoms with E-state index < -0.39 is 22.1 Å². The minimum atomic E-state index is -3.64. The fourth-order valence-electron chi connectivity index (χ4n) is 2.51. The van der Waals surface area contributed by atoms with Crippen molar-refractivity contribution in [3.63, 3.8) is 0 Å². The molecule has 0 unspecified atom stereocenters. The average Bonchev–Trinajstić information content (AvgIpc) is 3.00. The number of rotatable bonds is 1. The van der Waals surface area contributed by atoms with Crippen molar-refractivity contribution in [3.8, 4) is 0 Å². The van der Waals surface area contributed by atoms with Crippen LogP contribution in [0.3, 0.4) is 0 Å². The first-order valence-corrected chi connectivity index (χ1v) is 8.23. The normalized spacial score (nSPS) is 18.3. The Balaban J connectivity index is 1.75. The van der Waals surface area contributed by atoms with Crippen LogP contribution in [0.5, 0.6) is 0 Å². The van der Waals surface area contributed by atoms with E-state index >= 15 is 0 Å². The molecule has 1 saturated heterocycles. The average molecular weight is 310 g/mol. The van der Waals surface area contributed by atoms with Gasteiger partial charge in [0.2, 0.25) is 10.0 Å². The molecule has 1 fully saturated rings. The Morgan fingerprint density at radius 3 is 2.67 bits per heavy atom. The SMILES string of the molecule is CS(=O)(=O)N1CCN(C(=O)N2Cc3cccnc3C2)C1=O. The molecule has 0 bridgehead atoms. The highest BCUT2D eigenvalue weighted by molar-refractivity contribution is 7.88. The molecule has 0 atom stereocenters. The van der Waals surface area contributed by atoms with E-state index in [-0.39, 0.29) is 13.1 Å². The molecule has 112 valence electrons. The molecular formula is C12H14N4O4S. The molecule has 0 radical (unpaired) electrons. The molecule has 21 heavy (non-hydrogen) atoms. The second-order valence-electron chi connectivity index (χ2n) is 5.02. The van der Waals surface area contributed by atoms with Crippen LogP contribution < -0.4 is 0 Å². The third kappa shape index (κ3) is 2.33. The number of hydrogen-bond donors (Lipinski definition) is 0. The van der Waals surface area contributed by atoms with E-state index in [1.165, 1.54) is 4.90 Å². The minimum Gasteiger partial charge on any atom is -0.314 e. The van der Waals surface area contributed by atoms with Crippen LogP contribution in [0.1, 0.15) is 11.3 Å². The topological polar surface area (TPSA) is 90.9 Å². The van der Waals surface area contributed by atoms with Gasteiger partial charge >= 0.3 is 12.1 Å². The number of amides is 4. The van der Waals surface area contributed by atoms with Crippen LogP contribution >= 0.6 is 0 Å². The second-order valence-corrected chi connectivity index (χ2v) is 6.92. The number of hydrogen-bond acceptors (Lipinski definition) is 5. The number of pyridine rings is 1. The fourth-order valence-corrected chi connectivity index (χ4v) is 3.30. The molecule has 4 amide bonds. The number of fused-ring (bicyclic) bond motifs is 1. The van der Waals surface area contributed by atoms with Crippen LogP contribution in [0.25, 0.3) is 0 Å². The molecular weight excluding hydrogens is 296 g/mol. The van der Waals surface area contributed by atoms with Gasteiger partial charge in [0.05, 0.1) is 31.6 Å². The van der Waals surface area contributed by atoms with E-state index in [9.17, 15) is 18.0 Å². The summed E-state index contributed by atoms with van der Waals surface area (Å²) in [6.45, 7) is 0.787. The van der Waals surface area contributed by atoms with Crippen molar-refractivity contribution in [2.75, 3.05) is 19.3 Å². The Kier molecular flexibility index (Phi) is 3.08. The maximum absolute atomic E-state index is 12.4. The summed E-state index contributed by atoms with van der Waals surface area (Å²) in [5, 5.41) is 0. The van der Waals surface area contributed by atoms with Gasteiger partial charge in [-0.1, -0.05) is 6.07 Å². The van der Waals surface area contributed by atoms with Crippen LogP contribution in [0, 0.1) is 0 Å². The van der Waals surface area contributed by atoms with Gasteiger partial charge in [0.25, 0.3) is 0 Å². The lowest BCUT2D eigenvalue weighted by molar-refractivity contribution is 0.161. The largest absolute Gasteiger partial charge is 0.341 e. The molecule has 0 spiro atoms. The number of nitrogens with zero attached hydrogens (tertiary/aromatic N) is 4. The van der Waals surface area contributed by atoms with Crippen molar-refractivity contribution in [1.82, 2.24) is 19.1 Å². The Labute approximate surface area is 122 Å². The quantitative estimate of drug-likeness (QED) is 0.740. The predicted molar refractivity (Wildman–Crippen MR) is 72.5 cm³/mol. The van der Waals surface area contributed by atoms with Crippen LogP contribution in [0.2, 0.25) is 0 Å². The van der Waals surface area contributed by atoms with Crippen molar-refractivity contribution in [2.24, 2.45) is 0 Å². The van der Waals surface area contributed by atoms with Gasteiger partial charge in [-0.25, -0.2) is 27.2 Å². The highest BCUT2D eigenvalue weighted by Crippen LogP contribution is 2.23. The van der Waals surface area contributed by atoms with Crippen LogP contribution in [0.4, 0.5) is 9.59 Å². The highest BCUT2D eigenvalue weighted by atomic mass is 32.2. The van der Waals surface area contributed by atoms with Gasteiger partial charge in [-0.05, 0) is 11.6 Å². The van der Waals surface area contributed by atoms with E-state index in [0.717, 1.165) is 22.4 Å². The molecule has 0 aliphatic carbocycles. The highest BCUT2D eigenvalue weighted by Gasteiger charge is 2.40. The molecule has 9 heteroatoms. The standard InChI is InChI=1S/C12H14N4O4S/c1-21(19,20)16-6-5-15(12(16)18)11(17)14-7-9-3-2-4-13-10(9)8-14/h2-4H,5-8H2,1H3.